The number of hydrogen-bond donors (Lipinski definition) is 0. The van der Waals surface area contributed by atoms with Crippen molar-refractivity contribution in [2.75, 3.05) is 13.2 Å². The molecule has 1 aromatic rings. The zero-order chi connectivity index (χ0) is 16.2. The van der Waals surface area contributed by atoms with Gasteiger partial charge >= 0.3 is 11.9 Å². The topological polar surface area (TPSA) is 46.6 Å². The van der Waals surface area contributed by atoms with Crippen molar-refractivity contribution in [1.29, 1.82) is 0 Å². The maximum absolute atomic E-state index is 14.1. The van der Waals surface area contributed by atoms with E-state index < -0.39 is 17.8 Å². The van der Waals surface area contributed by atoms with E-state index in [0.29, 0.717) is 0 Å². The van der Waals surface area contributed by atoms with Gasteiger partial charge in [0.05, 0.1) is 12.5 Å². The largest absolute Gasteiger partial charge is 0.462 e. The SMILES string of the molecule is CCOC(=O)C(F)(F)C1CCC(=O)N(Cc2ccccc2)C1. The summed E-state index contributed by atoms with van der Waals surface area (Å²) in [6, 6.07) is 9.17. The van der Waals surface area contributed by atoms with Crippen LogP contribution < -0.4 is 0 Å². The van der Waals surface area contributed by atoms with Crippen molar-refractivity contribution >= 4 is 11.9 Å². The van der Waals surface area contributed by atoms with Crippen molar-refractivity contribution in [3.63, 3.8) is 0 Å². The van der Waals surface area contributed by atoms with E-state index in [1.807, 2.05) is 30.3 Å². The molecule has 0 radical (unpaired) electrons. The molecule has 6 heteroatoms. The van der Waals surface area contributed by atoms with Crippen molar-refractivity contribution in [3.8, 4) is 0 Å². The van der Waals surface area contributed by atoms with E-state index in [2.05, 4.69) is 4.74 Å². The lowest BCUT2D eigenvalue weighted by atomic mass is 9.91. The number of carbonyl (C=O) groups is 2. The Kier molecular flexibility index (Phi) is 5.11. The molecule has 22 heavy (non-hydrogen) atoms. The highest BCUT2D eigenvalue weighted by atomic mass is 19.3. The quantitative estimate of drug-likeness (QED) is 0.785. The van der Waals surface area contributed by atoms with Gasteiger partial charge in [0, 0.05) is 19.5 Å². The highest BCUT2D eigenvalue weighted by molar-refractivity contribution is 5.80. The number of piperidine rings is 1. The Morgan fingerprint density at radius 2 is 2.05 bits per heavy atom. The average Bonchev–Trinajstić information content (AvgIpc) is 2.50. The number of alkyl halides is 2. The van der Waals surface area contributed by atoms with Gasteiger partial charge in [0.15, 0.2) is 0 Å². The molecule has 1 fully saturated rings. The van der Waals surface area contributed by atoms with E-state index in [4.69, 9.17) is 0 Å². The van der Waals surface area contributed by atoms with E-state index in [-0.39, 0.29) is 38.4 Å². The van der Waals surface area contributed by atoms with Crippen molar-refractivity contribution in [2.24, 2.45) is 5.92 Å². The first-order chi connectivity index (χ1) is 10.4. The van der Waals surface area contributed by atoms with Gasteiger partial charge in [-0.05, 0) is 18.9 Å². The van der Waals surface area contributed by atoms with Gasteiger partial charge < -0.3 is 9.64 Å². The first-order valence-corrected chi connectivity index (χ1v) is 7.32. The number of amides is 1. The molecule has 1 heterocycles. The standard InChI is InChI=1S/C16H19F2NO3/c1-2-22-15(21)16(17,18)13-8-9-14(20)19(11-13)10-12-6-4-3-5-7-12/h3-7,13H,2,8-11H2,1H3. The van der Waals surface area contributed by atoms with E-state index >= 15 is 0 Å². The van der Waals surface area contributed by atoms with Gasteiger partial charge in [-0.25, -0.2) is 4.79 Å². The predicted molar refractivity (Wildman–Crippen MR) is 76.2 cm³/mol. The summed E-state index contributed by atoms with van der Waals surface area (Å²) < 4.78 is 32.7. The van der Waals surface area contributed by atoms with Crippen LogP contribution in [-0.2, 0) is 20.9 Å². The van der Waals surface area contributed by atoms with Gasteiger partial charge in [-0.2, -0.15) is 8.78 Å². The maximum Gasteiger partial charge on any atom is 0.377 e. The van der Waals surface area contributed by atoms with Gasteiger partial charge in [-0.3, -0.25) is 4.79 Å². The van der Waals surface area contributed by atoms with Crippen LogP contribution >= 0.6 is 0 Å². The molecule has 1 aliphatic heterocycles. The van der Waals surface area contributed by atoms with Crippen LogP contribution in [0.3, 0.4) is 0 Å². The summed E-state index contributed by atoms with van der Waals surface area (Å²) in [4.78, 5) is 24.8. The van der Waals surface area contributed by atoms with Crippen LogP contribution in [0.1, 0.15) is 25.3 Å². The van der Waals surface area contributed by atoms with Gasteiger partial charge in [-0.1, -0.05) is 30.3 Å². The molecule has 1 unspecified atom stereocenters. The zero-order valence-electron chi connectivity index (χ0n) is 12.4. The summed E-state index contributed by atoms with van der Waals surface area (Å²) in [7, 11) is 0. The van der Waals surface area contributed by atoms with Crippen LogP contribution in [0.5, 0.6) is 0 Å². The molecule has 0 aliphatic carbocycles. The summed E-state index contributed by atoms with van der Waals surface area (Å²) in [5, 5.41) is 0. The molecule has 4 nitrogen and oxygen atoms in total. The van der Waals surface area contributed by atoms with Crippen molar-refractivity contribution < 1.29 is 23.1 Å². The van der Waals surface area contributed by atoms with E-state index in [0.717, 1.165) is 5.56 Å². The Morgan fingerprint density at radius 3 is 2.68 bits per heavy atom. The Morgan fingerprint density at radius 1 is 1.36 bits per heavy atom. The first kappa shape index (κ1) is 16.4. The average molecular weight is 311 g/mol. The highest BCUT2D eigenvalue weighted by Crippen LogP contribution is 2.34. The van der Waals surface area contributed by atoms with Crippen molar-refractivity contribution in [1.82, 2.24) is 4.90 Å². The zero-order valence-corrected chi connectivity index (χ0v) is 12.4. The number of benzene rings is 1. The maximum atomic E-state index is 14.1. The summed E-state index contributed by atoms with van der Waals surface area (Å²) in [6.45, 7) is 1.53. The number of halogens is 2. The lowest BCUT2D eigenvalue weighted by Crippen LogP contribution is -2.49. The van der Waals surface area contributed by atoms with E-state index in [1.54, 1.807) is 0 Å². The second-order valence-electron chi connectivity index (χ2n) is 5.34. The van der Waals surface area contributed by atoms with Crippen LogP contribution in [-0.4, -0.2) is 35.9 Å². The minimum absolute atomic E-state index is 0.00403. The second-order valence-corrected chi connectivity index (χ2v) is 5.34. The number of likely N-dealkylation sites (tertiary alicyclic amines) is 1. The summed E-state index contributed by atoms with van der Waals surface area (Å²) in [6.07, 6.45) is 0.0163. The molecule has 2 rings (SSSR count). The molecule has 1 saturated heterocycles. The number of hydrogen-bond acceptors (Lipinski definition) is 3. The third-order valence-corrected chi connectivity index (χ3v) is 3.78. The molecule has 0 aromatic heterocycles. The van der Waals surface area contributed by atoms with E-state index in [9.17, 15) is 18.4 Å². The normalized spacial score (nSPS) is 19.1. The number of carbonyl (C=O) groups excluding carboxylic acids is 2. The van der Waals surface area contributed by atoms with Crippen molar-refractivity contribution in [3.05, 3.63) is 35.9 Å². The molecule has 1 amide bonds. The minimum Gasteiger partial charge on any atom is -0.462 e. The fraction of sp³-hybridized carbons (Fsp3) is 0.500. The Bertz CT molecular complexity index is 533. The third-order valence-electron chi connectivity index (χ3n) is 3.78. The molecule has 0 spiro atoms. The lowest BCUT2D eigenvalue weighted by Gasteiger charge is -2.35. The lowest BCUT2D eigenvalue weighted by molar-refractivity contribution is -0.184. The van der Waals surface area contributed by atoms with Crippen molar-refractivity contribution in [2.45, 2.75) is 32.2 Å². The molecule has 1 aromatic carbocycles. The molecule has 0 N–H and O–H groups in total. The van der Waals surface area contributed by atoms with Gasteiger partial charge in [-0.15, -0.1) is 0 Å². The first-order valence-electron chi connectivity index (χ1n) is 7.32. The van der Waals surface area contributed by atoms with E-state index in [1.165, 1.54) is 11.8 Å². The number of rotatable bonds is 5. The van der Waals surface area contributed by atoms with Crippen LogP contribution in [0.2, 0.25) is 0 Å². The Hall–Kier alpha value is -1.98. The smallest absolute Gasteiger partial charge is 0.377 e. The summed E-state index contributed by atoms with van der Waals surface area (Å²) >= 11 is 0. The highest BCUT2D eigenvalue weighted by Gasteiger charge is 2.50. The Labute approximate surface area is 128 Å². The monoisotopic (exact) mass is 311 g/mol. The molecular formula is C16H19F2NO3. The van der Waals surface area contributed by atoms with Gasteiger partial charge in [0.25, 0.3) is 0 Å². The molecule has 1 aliphatic rings. The molecular weight excluding hydrogens is 292 g/mol. The van der Waals surface area contributed by atoms with Crippen LogP contribution in [0, 0.1) is 5.92 Å². The summed E-state index contributed by atoms with van der Waals surface area (Å²) in [5.74, 6) is -6.44. The second kappa shape index (κ2) is 6.85. The number of esters is 1. The number of ether oxygens (including phenoxy) is 1. The summed E-state index contributed by atoms with van der Waals surface area (Å²) in [5.41, 5.74) is 0.871. The fourth-order valence-electron chi connectivity index (χ4n) is 2.56. The van der Waals surface area contributed by atoms with Gasteiger partial charge in [0.2, 0.25) is 5.91 Å². The molecule has 0 saturated carbocycles. The predicted octanol–water partition coefficient (Wildman–Crippen LogP) is 2.62. The molecule has 120 valence electrons. The molecule has 1 atom stereocenters. The third kappa shape index (κ3) is 3.61. The number of nitrogens with zero attached hydrogens (tertiary/aromatic N) is 1. The Balaban J connectivity index is 2.07. The fourth-order valence-corrected chi connectivity index (χ4v) is 2.56. The van der Waals surface area contributed by atoms with Gasteiger partial charge in [0.1, 0.15) is 0 Å². The minimum atomic E-state index is -3.56. The molecule has 0 bridgehead atoms. The van der Waals surface area contributed by atoms with Crippen LogP contribution in [0.15, 0.2) is 30.3 Å². The van der Waals surface area contributed by atoms with Crippen LogP contribution in [0.25, 0.3) is 0 Å². The van der Waals surface area contributed by atoms with Crippen LogP contribution in [0.4, 0.5) is 8.78 Å².